The maximum atomic E-state index is 9.41. The highest BCUT2D eigenvalue weighted by molar-refractivity contribution is 5.07. The predicted octanol–water partition coefficient (Wildman–Crippen LogP) is -3.13. The van der Waals surface area contributed by atoms with Gasteiger partial charge in [-0.05, 0) is 12.5 Å². The summed E-state index contributed by atoms with van der Waals surface area (Å²) in [5.41, 5.74) is 1.02. The van der Waals surface area contributed by atoms with E-state index in [4.69, 9.17) is 9.84 Å². The number of halogens is 1. The quantitative estimate of drug-likeness (QED) is 0.327. The van der Waals surface area contributed by atoms with Crippen molar-refractivity contribution in [2.45, 2.75) is 26.2 Å². The van der Waals surface area contributed by atoms with Gasteiger partial charge < -0.3 is 38.9 Å². The Bertz CT molecular complexity index is 279. The average molecular weight is 339 g/mol. The van der Waals surface area contributed by atoms with Gasteiger partial charge in [-0.15, -0.1) is 0 Å². The summed E-state index contributed by atoms with van der Waals surface area (Å²) >= 11 is 0. The second kappa shape index (κ2) is 8.86. The first-order valence-electron chi connectivity index (χ1n) is 5.14. The molecule has 0 saturated carbocycles. The molecule has 1 aromatic heterocycles. The number of aliphatic hydroxyl groups excluding tert-OH is 2. The van der Waals surface area contributed by atoms with Crippen LogP contribution in [0.3, 0.4) is 0 Å². The van der Waals surface area contributed by atoms with E-state index in [1.807, 2.05) is 36.0 Å². The van der Waals surface area contributed by atoms with Crippen LogP contribution in [-0.2, 0) is 17.7 Å². The van der Waals surface area contributed by atoms with E-state index >= 15 is 0 Å². The molecule has 0 aromatic carbocycles. The number of ether oxygens (including phenoxy) is 1. The fourth-order valence-corrected chi connectivity index (χ4v) is 1.34. The molecule has 1 atom stereocenters. The molecule has 0 bridgehead atoms. The molecule has 5 heteroatoms. The first kappa shape index (κ1) is 15.8. The van der Waals surface area contributed by atoms with Gasteiger partial charge in [-0.25, -0.2) is 4.57 Å². The number of rotatable bonds is 6. The third kappa shape index (κ3) is 5.74. The number of aliphatic hydroxyl groups is 2. The van der Waals surface area contributed by atoms with Crippen molar-refractivity contribution >= 4 is 0 Å². The molecule has 0 aliphatic heterocycles. The Balaban J connectivity index is 0.00000225. The van der Waals surface area contributed by atoms with Crippen molar-refractivity contribution in [3.05, 3.63) is 30.1 Å². The van der Waals surface area contributed by atoms with Crippen LogP contribution >= 0.6 is 0 Å². The van der Waals surface area contributed by atoms with Crippen LogP contribution in [0.2, 0.25) is 0 Å². The predicted molar refractivity (Wildman–Crippen MR) is 55.1 cm³/mol. The summed E-state index contributed by atoms with van der Waals surface area (Å²) in [5, 5.41) is 18.1. The highest BCUT2D eigenvalue weighted by atomic mass is 127. The summed E-state index contributed by atoms with van der Waals surface area (Å²) in [5.74, 6) is 0. The van der Waals surface area contributed by atoms with Crippen LogP contribution in [-0.4, -0.2) is 29.7 Å². The van der Waals surface area contributed by atoms with Crippen molar-refractivity contribution in [3.8, 4) is 0 Å². The zero-order valence-corrected chi connectivity index (χ0v) is 11.5. The second-order valence-electron chi connectivity index (χ2n) is 3.28. The molecule has 16 heavy (non-hydrogen) atoms. The van der Waals surface area contributed by atoms with Crippen molar-refractivity contribution in [3.63, 3.8) is 0 Å². The smallest absolute Gasteiger partial charge is 0.171 e. The molecule has 4 nitrogen and oxygen atoms in total. The monoisotopic (exact) mass is 339 g/mol. The largest absolute Gasteiger partial charge is 1.00 e. The van der Waals surface area contributed by atoms with Crippen LogP contribution in [0, 0.1) is 0 Å². The number of nitrogens with zero attached hydrogens (tertiary/aromatic N) is 1. The molecule has 0 aliphatic carbocycles. The summed E-state index contributed by atoms with van der Waals surface area (Å²) < 4.78 is 6.92. The Morgan fingerprint density at radius 1 is 1.38 bits per heavy atom. The van der Waals surface area contributed by atoms with Crippen LogP contribution in [0.5, 0.6) is 0 Å². The molecule has 92 valence electrons. The van der Waals surface area contributed by atoms with Gasteiger partial charge in [0.05, 0.1) is 0 Å². The third-order valence-corrected chi connectivity index (χ3v) is 2.09. The van der Waals surface area contributed by atoms with Crippen LogP contribution in [0.25, 0.3) is 0 Å². The van der Waals surface area contributed by atoms with E-state index in [1.54, 1.807) is 0 Å². The normalized spacial score (nSPS) is 11.9. The van der Waals surface area contributed by atoms with Crippen molar-refractivity contribution in [1.29, 1.82) is 0 Å². The van der Waals surface area contributed by atoms with E-state index in [0.717, 1.165) is 5.56 Å². The van der Waals surface area contributed by atoms with Gasteiger partial charge in [0.25, 0.3) is 0 Å². The van der Waals surface area contributed by atoms with Crippen LogP contribution < -0.4 is 28.5 Å². The molecule has 1 aromatic rings. The zero-order valence-electron chi connectivity index (χ0n) is 9.34. The average Bonchev–Trinajstić information content (AvgIpc) is 2.22. The van der Waals surface area contributed by atoms with Gasteiger partial charge in [-0.3, -0.25) is 0 Å². The SMILES string of the molecule is CCOC(O)Cc1cc[n+](CCO)cc1.[I-]. The van der Waals surface area contributed by atoms with Gasteiger partial charge in [0.15, 0.2) is 25.2 Å². The van der Waals surface area contributed by atoms with Crippen LogP contribution in [0.1, 0.15) is 12.5 Å². The Labute approximate surface area is 113 Å². The molecule has 0 amide bonds. The number of hydrogen-bond donors (Lipinski definition) is 2. The van der Waals surface area contributed by atoms with E-state index in [-0.39, 0.29) is 30.6 Å². The fourth-order valence-electron chi connectivity index (χ4n) is 1.34. The summed E-state index contributed by atoms with van der Waals surface area (Å²) in [6.07, 6.45) is 3.52. The summed E-state index contributed by atoms with van der Waals surface area (Å²) in [6.45, 7) is 3.09. The molecule has 1 rings (SSSR count). The van der Waals surface area contributed by atoms with Gasteiger partial charge in [-0.2, -0.15) is 0 Å². The minimum absolute atomic E-state index is 0. The molecule has 0 saturated heterocycles. The standard InChI is InChI=1S/C11H18NO3.HI/c1-2-15-11(14)9-10-3-5-12(6-4-10)7-8-13;/h3-6,11,13-14H,2,7-9H2,1H3;1H/q+1;/p-1. The summed E-state index contributed by atoms with van der Waals surface area (Å²) in [6, 6.07) is 3.83. The van der Waals surface area contributed by atoms with E-state index < -0.39 is 6.29 Å². The number of pyridine rings is 1. The van der Waals surface area contributed by atoms with Crippen molar-refractivity contribution < 1.29 is 43.5 Å². The van der Waals surface area contributed by atoms with E-state index in [1.165, 1.54) is 0 Å². The fraction of sp³-hybridized carbons (Fsp3) is 0.545. The van der Waals surface area contributed by atoms with Gasteiger partial charge in [0.2, 0.25) is 0 Å². The Kier molecular flexibility index (Phi) is 8.73. The molecule has 0 radical (unpaired) electrons. The minimum Gasteiger partial charge on any atom is -1.00 e. The molecule has 1 heterocycles. The number of aromatic nitrogens is 1. The van der Waals surface area contributed by atoms with E-state index in [2.05, 4.69) is 0 Å². The van der Waals surface area contributed by atoms with Gasteiger partial charge in [0, 0.05) is 25.2 Å². The molecule has 0 spiro atoms. The lowest BCUT2D eigenvalue weighted by Gasteiger charge is -2.09. The second-order valence-corrected chi connectivity index (χ2v) is 3.28. The molecule has 1 unspecified atom stereocenters. The third-order valence-electron chi connectivity index (χ3n) is 2.09. The summed E-state index contributed by atoms with van der Waals surface area (Å²) in [4.78, 5) is 0. The van der Waals surface area contributed by atoms with Crippen LogP contribution in [0.15, 0.2) is 24.5 Å². The molecular formula is C11H18INO3. The Morgan fingerprint density at radius 2 is 2.00 bits per heavy atom. The van der Waals surface area contributed by atoms with E-state index in [0.29, 0.717) is 19.6 Å². The van der Waals surface area contributed by atoms with Gasteiger partial charge in [-0.1, -0.05) is 0 Å². The van der Waals surface area contributed by atoms with Crippen molar-refractivity contribution in [1.82, 2.24) is 0 Å². The lowest BCUT2D eigenvalue weighted by Crippen LogP contribution is -3.00. The minimum atomic E-state index is -0.733. The van der Waals surface area contributed by atoms with Gasteiger partial charge >= 0.3 is 0 Å². The van der Waals surface area contributed by atoms with Crippen LogP contribution in [0.4, 0.5) is 0 Å². The first-order chi connectivity index (χ1) is 7.26. The molecular weight excluding hydrogens is 321 g/mol. The van der Waals surface area contributed by atoms with E-state index in [9.17, 15) is 5.11 Å². The van der Waals surface area contributed by atoms with Gasteiger partial charge in [0.1, 0.15) is 6.61 Å². The highest BCUT2D eigenvalue weighted by Gasteiger charge is 2.06. The Morgan fingerprint density at radius 3 is 2.50 bits per heavy atom. The lowest BCUT2D eigenvalue weighted by atomic mass is 10.2. The lowest BCUT2D eigenvalue weighted by molar-refractivity contribution is -0.698. The molecule has 0 aliphatic rings. The Hall–Kier alpha value is -0.240. The maximum absolute atomic E-state index is 9.41. The van der Waals surface area contributed by atoms with Crippen molar-refractivity contribution in [2.75, 3.05) is 13.2 Å². The summed E-state index contributed by atoms with van der Waals surface area (Å²) in [7, 11) is 0. The number of hydrogen-bond acceptors (Lipinski definition) is 3. The molecule has 2 N–H and O–H groups in total. The maximum Gasteiger partial charge on any atom is 0.171 e. The topological polar surface area (TPSA) is 53.6 Å². The zero-order chi connectivity index (χ0) is 11.1. The molecule has 0 fully saturated rings. The first-order valence-corrected chi connectivity index (χ1v) is 5.14. The van der Waals surface area contributed by atoms with Crippen molar-refractivity contribution in [2.24, 2.45) is 0 Å². The highest BCUT2D eigenvalue weighted by Crippen LogP contribution is 2.01.